The second-order valence-electron chi connectivity index (χ2n) is 16.7. The van der Waals surface area contributed by atoms with E-state index in [1.165, 1.54) is 18.7 Å². The maximum atomic E-state index is 14.4. The van der Waals surface area contributed by atoms with Crippen molar-refractivity contribution >= 4 is 64.0 Å². The number of likely N-dealkylation sites (tertiary alicyclic amines) is 1. The van der Waals surface area contributed by atoms with E-state index >= 15 is 0 Å². The largest absolute Gasteiger partial charge is 0.370 e. The molecule has 1 aliphatic heterocycles. The van der Waals surface area contributed by atoms with Crippen LogP contribution in [0.2, 0.25) is 0 Å². The second-order valence-corrected chi connectivity index (χ2v) is 16.7. The predicted octanol–water partition coefficient (Wildman–Crippen LogP) is -0.0224. The van der Waals surface area contributed by atoms with E-state index in [2.05, 4.69) is 36.9 Å². The summed E-state index contributed by atoms with van der Waals surface area (Å²) in [4.78, 5) is 113. The van der Waals surface area contributed by atoms with E-state index in [1.54, 1.807) is 54.6 Å². The molecule has 360 valence electrons. The first-order valence-electron chi connectivity index (χ1n) is 22.5. The highest BCUT2D eigenvalue weighted by Crippen LogP contribution is 2.22. The molecule has 4 aromatic rings. The normalized spacial score (nSPS) is 15.3. The second kappa shape index (κ2) is 25.2. The van der Waals surface area contributed by atoms with Gasteiger partial charge in [0.2, 0.25) is 47.3 Å². The van der Waals surface area contributed by atoms with E-state index in [0.717, 1.165) is 16.3 Å². The molecule has 1 aliphatic rings. The van der Waals surface area contributed by atoms with Crippen molar-refractivity contribution in [1.29, 1.82) is 0 Å². The molecule has 6 atom stereocenters. The maximum absolute atomic E-state index is 14.4. The highest BCUT2D eigenvalue weighted by Gasteiger charge is 2.38. The Bertz CT molecular complexity index is 2440. The molecule has 5 rings (SSSR count). The summed E-state index contributed by atoms with van der Waals surface area (Å²) in [6.07, 6.45) is 1.31. The molecule has 12 N–H and O–H groups in total. The van der Waals surface area contributed by atoms with Gasteiger partial charge in [0.25, 0.3) is 0 Å². The molecule has 0 aromatic heterocycles. The Kier molecular flexibility index (Phi) is 18.9. The lowest BCUT2D eigenvalue weighted by Crippen LogP contribution is -2.58. The van der Waals surface area contributed by atoms with Crippen LogP contribution in [-0.4, -0.2) is 114 Å². The fraction of sp³-hybridized carbons (Fsp3) is 0.367. The zero-order chi connectivity index (χ0) is 49.2. The molecule has 19 heteroatoms. The molecule has 4 aromatic carbocycles. The van der Waals surface area contributed by atoms with Gasteiger partial charge < -0.3 is 54.0 Å². The summed E-state index contributed by atoms with van der Waals surface area (Å²) in [6, 6.07) is 24.6. The number of primary amides is 1. The lowest BCUT2D eigenvalue weighted by molar-refractivity contribution is -0.142. The van der Waals surface area contributed by atoms with E-state index < -0.39 is 90.1 Å². The third-order valence-corrected chi connectivity index (χ3v) is 11.5. The first-order valence-corrected chi connectivity index (χ1v) is 22.5. The average molecular weight is 932 g/mol. The summed E-state index contributed by atoms with van der Waals surface area (Å²) in [6.45, 7) is 2.48. The Hall–Kier alpha value is -7.83. The van der Waals surface area contributed by atoms with Crippen molar-refractivity contribution in [3.63, 3.8) is 0 Å². The van der Waals surface area contributed by atoms with Gasteiger partial charge in [-0.15, -0.1) is 0 Å². The smallest absolute Gasteiger partial charge is 0.245 e. The molecule has 19 nitrogen and oxygen atoms in total. The molecular formula is C49H61N11O8. The summed E-state index contributed by atoms with van der Waals surface area (Å²) in [5.41, 5.74) is 18.5. The van der Waals surface area contributed by atoms with Crippen LogP contribution in [0.4, 0.5) is 0 Å². The monoisotopic (exact) mass is 931 g/mol. The number of fused-ring (bicyclic) bond motifs is 1. The van der Waals surface area contributed by atoms with Crippen LogP contribution in [0.5, 0.6) is 0 Å². The van der Waals surface area contributed by atoms with Crippen LogP contribution in [-0.2, 0) is 57.6 Å². The number of hydrogen-bond acceptors (Lipinski definition) is 9. The zero-order valence-electron chi connectivity index (χ0n) is 38.2. The van der Waals surface area contributed by atoms with Gasteiger partial charge in [0.1, 0.15) is 36.3 Å². The number of aliphatic imine (C=N–C) groups is 1. The molecule has 1 fully saturated rings. The van der Waals surface area contributed by atoms with E-state index in [4.69, 9.17) is 17.2 Å². The summed E-state index contributed by atoms with van der Waals surface area (Å²) < 4.78 is 0. The lowest BCUT2D eigenvalue weighted by Gasteiger charge is -2.29. The van der Waals surface area contributed by atoms with Crippen molar-refractivity contribution in [3.8, 4) is 0 Å². The number of nitrogens with two attached hydrogens (primary N) is 3. The molecule has 0 saturated carbocycles. The standard InChI is InChI=1S/C49H61N11O8/c1-30(43(50)63)55-47(67)41-23-13-25-60(41)48(68)37(22-12-24-53-49(51)52)57-42(62)29-54-44(64)38(26-32-14-5-3-6-15-32)58-45(65)39(27-33-16-7-4-8-17-33)59-46(66)40(56-31(2)61)28-35-20-11-19-34-18-9-10-21-36(34)35/h3-11,14-21,30,37-41H,12-13,22-29H2,1-2H3,(H2,50,63)(H,54,64)(H,55,67)(H,56,61)(H,57,62)(H,58,65)(H,59,66)(H4,51,52,53)/t30-,37+,38-,39-,40-,41+/m1/s1. The lowest BCUT2D eigenvalue weighted by atomic mass is 9.97. The zero-order valence-corrected chi connectivity index (χ0v) is 38.2. The van der Waals surface area contributed by atoms with Gasteiger partial charge in [-0.3, -0.25) is 43.3 Å². The number of carbonyl (C=O) groups excluding carboxylic acids is 8. The van der Waals surface area contributed by atoms with Gasteiger partial charge in [-0.1, -0.05) is 103 Å². The fourth-order valence-corrected chi connectivity index (χ4v) is 7.99. The average Bonchev–Trinajstić information content (AvgIpc) is 3.82. The SMILES string of the molecule is CC(=O)N[C@H](Cc1cccc2ccccc12)C(=O)N[C@H](Cc1ccccc1)C(=O)N[C@H](Cc1ccccc1)C(=O)NCC(=O)N[C@@H](CCCN=C(N)N)C(=O)N1CCC[C@H]1C(=O)N[C@H](C)C(N)=O. The van der Waals surface area contributed by atoms with E-state index in [-0.39, 0.29) is 51.2 Å². The first kappa shape index (κ1) is 51.2. The molecule has 0 radical (unpaired) electrons. The van der Waals surface area contributed by atoms with Crippen molar-refractivity contribution in [1.82, 2.24) is 36.8 Å². The minimum atomic E-state index is -1.25. The number of carbonyl (C=O) groups is 8. The molecule has 68 heavy (non-hydrogen) atoms. The number of nitrogens with zero attached hydrogens (tertiary/aromatic N) is 2. The van der Waals surface area contributed by atoms with E-state index in [0.29, 0.717) is 24.0 Å². The van der Waals surface area contributed by atoms with Crippen LogP contribution in [0.1, 0.15) is 56.2 Å². The van der Waals surface area contributed by atoms with Crippen LogP contribution >= 0.6 is 0 Å². The minimum Gasteiger partial charge on any atom is -0.370 e. The third-order valence-electron chi connectivity index (χ3n) is 11.5. The van der Waals surface area contributed by atoms with Gasteiger partial charge >= 0.3 is 0 Å². The summed E-state index contributed by atoms with van der Waals surface area (Å²) in [5.74, 6) is -5.26. The first-order chi connectivity index (χ1) is 32.6. The van der Waals surface area contributed by atoms with Crippen molar-refractivity contribution in [2.75, 3.05) is 19.6 Å². The molecule has 0 aliphatic carbocycles. The Morgan fingerprint density at radius 2 is 1.24 bits per heavy atom. The van der Waals surface area contributed by atoms with Crippen molar-refractivity contribution < 1.29 is 38.4 Å². The van der Waals surface area contributed by atoms with Crippen LogP contribution in [0.15, 0.2) is 108 Å². The molecular weight excluding hydrogens is 871 g/mol. The Morgan fingerprint density at radius 3 is 1.84 bits per heavy atom. The van der Waals surface area contributed by atoms with Gasteiger partial charge in [-0.25, -0.2) is 0 Å². The summed E-state index contributed by atoms with van der Waals surface area (Å²) in [5, 5.41) is 18.0. The number of amides is 8. The highest BCUT2D eigenvalue weighted by atomic mass is 16.2. The molecule has 0 unspecified atom stereocenters. The van der Waals surface area contributed by atoms with Gasteiger partial charge in [0.15, 0.2) is 5.96 Å². The highest BCUT2D eigenvalue weighted by molar-refractivity contribution is 5.97. The van der Waals surface area contributed by atoms with Gasteiger partial charge in [0, 0.05) is 39.3 Å². The van der Waals surface area contributed by atoms with Gasteiger partial charge in [-0.05, 0) is 60.1 Å². The molecule has 0 bridgehead atoms. The van der Waals surface area contributed by atoms with Gasteiger partial charge in [-0.2, -0.15) is 0 Å². The van der Waals surface area contributed by atoms with Crippen LogP contribution in [0.3, 0.4) is 0 Å². The quantitative estimate of drug-likeness (QED) is 0.0272. The maximum Gasteiger partial charge on any atom is 0.245 e. The van der Waals surface area contributed by atoms with E-state index in [1.807, 2.05) is 48.5 Å². The fourth-order valence-electron chi connectivity index (χ4n) is 7.99. The number of nitrogens with one attached hydrogen (secondary N) is 6. The summed E-state index contributed by atoms with van der Waals surface area (Å²) >= 11 is 0. The predicted molar refractivity (Wildman–Crippen MR) is 256 cm³/mol. The van der Waals surface area contributed by atoms with Crippen molar-refractivity contribution in [3.05, 3.63) is 120 Å². The van der Waals surface area contributed by atoms with Gasteiger partial charge in [0.05, 0.1) is 6.54 Å². The number of hydrogen-bond donors (Lipinski definition) is 9. The minimum absolute atomic E-state index is 0.000317. The number of guanidine groups is 1. The molecule has 8 amide bonds. The van der Waals surface area contributed by atoms with E-state index in [9.17, 15) is 38.4 Å². The Morgan fingerprint density at radius 1 is 0.662 bits per heavy atom. The topological polar surface area (TPSA) is 302 Å². The molecule has 1 heterocycles. The summed E-state index contributed by atoms with van der Waals surface area (Å²) in [7, 11) is 0. The number of benzene rings is 4. The Labute approximate surface area is 394 Å². The molecule has 0 spiro atoms. The van der Waals surface area contributed by atoms with Crippen molar-refractivity contribution in [2.24, 2.45) is 22.2 Å². The van der Waals surface area contributed by atoms with Crippen molar-refractivity contribution in [2.45, 2.75) is 95.0 Å². The molecule has 1 saturated heterocycles. The van der Waals surface area contributed by atoms with Crippen LogP contribution < -0.4 is 49.1 Å². The third kappa shape index (κ3) is 15.4. The Balaban J connectivity index is 1.33. The number of rotatable bonds is 23. The van der Waals surface area contributed by atoms with Crippen LogP contribution in [0, 0.1) is 0 Å². The van der Waals surface area contributed by atoms with Crippen LogP contribution in [0.25, 0.3) is 10.8 Å².